The van der Waals surface area contributed by atoms with Gasteiger partial charge >= 0.3 is 0 Å². The number of carbonyl (C=O) groups is 1. The molecule has 0 aliphatic carbocycles. The van der Waals surface area contributed by atoms with Crippen LogP contribution in [-0.4, -0.2) is 32.6 Å². The highest BCUT2D eigenvalue weighted by Crippen LogP contribution is 1.98. The van der Waals surface area contributed by atoms with Gasteiger partial charge in [-0.05, 0) is 0 Å². The molecule has 2 heterocycles. The number of aromatic nitrogens is 4. The summed E-state index contributed by atoms with van der Waals surface area (Å²) in [5, 5.41) is 6.28. The Balaban J connectivity index is 1.83. The van der Waals surface area contributed by atoms with Gasteiger partial charge in [-0.1, -0.05) is 5.16 Å². The lowest BCUT2D eigenvalue weighted by molar-refractivity contribution is 0.0948. The van der Waals surface area contributed by atoms with Gasteiger partial charge in [-0.2, -0.15) is 4.98 Å². The number of anilines is 1. The maximum absolute atomic E-state index is 11.6. The molecule has 0 aliphatic heterocycles. The van der Waals surface area contributed by atoms with Gasteiger partial charge in [0.05, 0.1) is 12.4 Å². The zero-order valence-corrected chi connectivity index (χ0v) is 9.33. The Labute approximate surface area is 102 Å². The van der Waals surface area contributed by atoms with Crippen molar-refractivity contribution in [1.82, 2.24) is 25.4 Å². The minimum Gasteiger partial charge on any atom is -0.350 e. The quantitative estimate of drug-likeness (QED) is 0.459. The minimum absolute atomic E-state index is 0.210. The largest absolute Gasteiger partial charge is 0.350 e. The number of rotatable bonds is 5. The van der Waals surface area contributed by atoms with E-state index in [1.807, 2.05) is 0 Å². The first-order valence-electron chi connectivity index (χ1n) is 5.11. The van der Waals surface area contributed by atoms with E-state index in [4.69, 9.17) is 5.84 Å². The summed E-state index contributed by atoms with van der Waals surface area (Å²) in [5.74, 6) is 5.73. The zero-order chi connectivity index (χ0) is 12.8. The van der Waals surface area contributed by atoms with Crippen LogP contribution in [0.25, 0.3) is 0 Å². The van der Waals surface area contributed by atoms with Crippen molar-refractivity contribution in [3.8, 4) is 0 Å². The number of hydrogen-bond donors (Lipinski definition) is 3. The molecule has 0 aromatic carbocycles. The van der Waals surface area contributed by atoms with E-state index in [0.29, 0.717) is 24.6 Å². The molecule has 2 aromatic heterocycles. The number of nitrogen functional groups attached to an aromatic ring is 1. The number of amides is 1. The van der Waals surface area contributed by atoms with Gasteiger partial charge in [0.25, 0.3) is 5.91 Å². The summed E-state index contributed by atoms with van der Waals surface area (Å²) < 4.78 is 4.57. The van der Waals surface area contributed by atoms with Gasteiger partial charge in [-0.25, -0.2) is 15.8 Å². The van der Waals surface area contributed by atoms with Gasteiger partial charge < -0.3 is 15.3 Å². The molecule has 0 unspecified atom stereocenters. The van der Waals surface area contributed by atoms with Gasteiger partial charge in [0.15, 0.2) is 11.6 Å². The summed E-state index contributed by atoms with van der Waals surface area (Å²) in [6.45, 7) is 0.386. The van der Waals surface area contributed by atoms with Crippen LogP contribution in [-0.2, 0) is 6.42 Å². The molecule has 9 heteroatoms. The molecule has 18 heavy (non-hydrogen) atoms. The van der Waals surface area contributed by atoms with E-state index in [1.165, 1.54) is 18.8 Å². The van der Waals surface area contributed by atoms with Crippen LogP contribution in [0.1, 0.15) is 16.3 Å². The summed E-state index contributed by atoms with van der Waals surface area (Å²) in [6.07, 6.45) is 4.42. The van der Waals surface area contributed by atoms with Crippen molar-refractivity contribution in [3.05, 3.63) is 30.3 Å². The second-order valence-electron chi connectivity index (χ2n) is 3.28. The second-order valence-corrected chi connectivity index (χ2v) is 3.28. The number of hydrogen-bond acceptors (Lipinski definition) is 8. The summed E-state index contributed by atoms with van der Waals surface area (Å²) in [6, 6.07) is 0. The van der Waals surface area contributed by atoms with Crippen molar-refractivity contribution < 1.29 is 9.32 Å². The van der Waals surface area contributed by atoms with Gasteiger partial charge in [0.1, 0.15) is 5.69 Å². The van der Waals surface area contributed by atoms with Gasteiger partial charge in [0.2, 0.25) is 6.39 Å². The normalized spacial score (nSPS) is 10.1. The molecule has 2 aromatic rings. The first kappa shape index (κ1) is 11.9. The van der Waals surface area contributed by atoms with Crippen LogP contribution < -0.4 is 16.6 Å². The lowest BCUT2D eigenvalue weighted by Crippen LogP contribution is -2.27. The maximum Gasteiger partial charge on any atom is 0.271 e. The molecule has 9 nitrogen and oxygen atoms in total. The van der Waals surface area contributed by atoms with Crippen LogP contribution in [0.3, 0.4) is 0 Å². The predicted octanol–water partition coefficient (Wildman–Crippen LogP) is -0.882. The maximum atomic E-state index is 11.6. The van der Waals surface area contributed by atoms with E-state index >= 15 is 0 Å². The van der Waals surface area contributed by atoms with Gasteiger partial charge in [-0.15, -0.1) is 0 Å². The molecule has 0 aliphatic rings. The van der Waals surface area contributed by atoms with Crippen LogP contribution in [0.15, 0.2) is 23.3 Å². The molecule has 2 rings (SSSR count). The number of nitrogens with two attached hydrogens (primary N) is 1. The van der Waals surface area contributed by atoms with Crippen molar-refractivity contribution in [2.45, 2.75) is 6.42 Å². The third kappa shape index (κ3) is 2.98. The highest BCUT2D eigenvalue weighted by atomic mass is 16.5. The fourth-order valence-electron chi connectivity index (χ4n) is 1.20. The Morgan fingerprint density at radius 1 is 1.33 bits per heavy atom. The van der Waals surface area contributed by atoms with Crippen molar-refractivity contribution in [3.63, 3.8) is 0 Å². The average molecular weight is 249 g/mol. The Kier molecular flexibility index (Phi) is 3.76. The van der Waals surface area contributed by atoms with E-state index in [0.717, 1.165) is 0 Å². The summed E-state index contributed by atoms with van der Waals surface area (Å²) in [4.78, 5) is 23.2. The molecule has 0 radical (unpaired) electrons. The molecule has 0 atom stereocenters. The zero-order valence-electron chi connectivity index (χ0n) is 9.33. The first-order chi connectivity index (χ1) is 8.79. The number of nitrogens with zero attached hydrogens (tertiary/aromatic N) is 4. The minimum atomic E-state index is -0.324. The lowest BCUT2D eigenvalue weighted by Gasteiger charge is -2.03. The summed E-state index contributed by atoms with van der Waals surface area (Å²) in [7, 11) is 0. The van der Waals surface area contributed by atoms with Crippen molar-refractivity contribution in [2.75, 3.05) is 12.0 Å². The summed E-state index contributed by atoms with van der Waals surface area (Å²) in [5.41, 5.74) is 2.53. The molecule has 0 bridgehead atoms. The fraction of sp³-hybridized carbons (Fsp3) is 0.222. The molecule has 4 N–H and O–H groups in total. The van der Waals surface area contributed by atoms with Crippen LogP contribution in [0.4, 0.5) is 5.82 Å². The Morgan fingerprint density at radius 3 is 2.83 bits per heavy atom. The van der Waals surface area contributed by atoms with Crippen LogP contribution >= 0.6 is 0 Å². The molecule has 0 spiro atoms. The number of carbonyl (C=O) groups excluding carboxylic acids is 1. The standard InChI is InChI=1S/C9H11N7O2/c10-15-8-4-12-6(3-13-8)9(17)11-2-1-7-14-5-18-16-7/h3-5H,1-2,10H2,(H,11,17)(H,13,15). The number of hydrazine groups is 1. The topological polar surface area (TPSA) is 132 Å². The van der Waals surface area contributed by atoms with Crippen molar-refractivity contribution in [2.24, 2.45) is 5.84 Å². The molecular formula is C9H11N7O2. The molecule has 0 fully saturated rings. The third-order valence-corrected chi connectivity index (χ3v) is 2.07. The van der Waals surface area contributed by atoms with Crippen LogP contribution in [0, 0.1) is 0 Å². The monoisotopic (exact) mass is 249 g/mol. The Hall–Kier alpha value is -2.55. The van der Waals surface area contributed by atoms with Gasteiger partial charge in [-0.3, -0.25) is 4.79 Å². The highest BCUT2D eigenvalue weighted by Gasteiger charge is 2.07. The fourth-order valence-corrected chi connectivity index (χ4v) is 1.20. The Morgan fingerprint density at radius 2 is 2.22 bits per heavy atom. The third-order valence-electron chi connectivity index (χ3n) is 2.07. The molecule has 1 amide bonds. The molecular weight excluding hydrogens is 238 g/mol. The highest BCUT2D eigenvalue weighted by molar-refractivity contribution is 5.91. The van der Waals surface area contributed by atoms with E-state index in [9.17, 15) is 4.79 Å². The molecule has 0 saturated carbocycles. The predicted molar refractivity (Wildman–Crippen MR) is 60.2 cm³/mol. The summed E-state index contributed by atoms with van der Waals surface area (Å²) >= 11 is 0. The van der Waals surface area contributed by atoms with Crippen LogP contribution in [0.2, 0.25) is 0 Å². The van der Waals surface area contributed by atoms with Crippen molar-refractivity contribution in [1.29, 1.82) is 0 Å². The number of nitrogens with one attached hydrogen (secondary N) is 2. The van der Waals surface area contributed by atoms with Gasteiger partial charge in [0, 0.05) is 13.0 Å². The van der Waals surface area contributed by atoms with Crippen molar-refractivity contribution >= 4 is 11.7 Å². The smallest absolute Gasteiger partial charge is 0.271 e. The average Bonchev–Trinajstić information content (AvgIpc) is 2.92. The first-order valence-corrected chi connectivity index (χ1v) is 5.11. The molecule has 0 saturated heterocycles. The Bertz CT molecular complexity index is 496. The van der Waals surface area contributed by atoms with E-state index < -0.39 is 0 Å². The van der Waals surface area contributed by atoms with E-state index in [-0.39, 0.29) is 11.6 Å². The van der Waals surface area contributed by atoms with E-state index in [1.54, 1.807) is 0 Å². The SMILES string of the molecule is NNc1cnc(C(=O)NCCc2ncon2)cn1. The van der Waals surface area contributed by atoms with Crippen LogP contribution in [0.5, 0.6) is 0 Å². The lowest BCUT2D eigenvalue weighted by atomic mass is 10.3. The molecule has 94 valence electrons. The van der Waals surface area contributed by atoms with E-state index in [2.05, 4.69) is 35.4 Å². The second kappa shape index (κ2) is 5.68.